The maximum atomic E-state index is 13.7. The minimum absolute atomic E-state index is 0.103. The van der Waals surface area contributed by atoms with Gasteiger partial charge in [0.05, 0.1) is 0 Å². The van der Waals surface area contributed by atoms with Crippen molar-refractivity contribution in [2.75, 3.05) is 6.61 Å². The highest BCUT2D eigenvalue weighted by atomic mass is 16.5. The number of rotatable bonds is 4. The van der Waals surface area contributed by atoms with E-state index in [9.17, 15) is 14.4 Å². The van der Waals surface area contributed by atoms with Gasteiger partial charge in [-0.05, 0) is 73.8 Å². The van der Waals surface area contributed by atoms with Gasteiger partial charge in [0.15, 0.2) is 18.2 Å². The van der Waals surface area contributed by atoms with Crippen molar-refractivity contribution in [2.45, 2.75) is 72.6 Å². The van der Waals surface area contributed by atoms with Crippen LogP contribution in [0, 0.1) is 39.9 Å². The van der Waals surface area contributed by atoms with Crippen molar-refractivity contribution in [1.82, 2.24) is 0 Å². The van der Waals surface area contributed by atoms with Crippen LogP contribution >= 0.6 is 0 Å². The summed E-state index contributed by atoms with van der Waals surface area (Å²) in [4.78, 5) is 37.2. The van der Waals surface area contributed by atoms with Crippen LogP contribution in [0.5, 0.6) is 0 Å². The average molecular weight is 437 g/mol. The van der Waals surface area contributed by atoms with Crippen molar-refractivity contribution in [3.8, 4) is 0 Å². The molecule has 0 N–H and O–H groups in total. The lowest BCUT2D eigenvalue weighted by Gasteiger charge is -2.55. The Morgan fingerprint density at radius 1 is 1.12 bits per heavy atom. The Balaban J connectivity index is 1.54. The third-order valence-electron chi connectivity index (χ3n) is 10.5. The fourth-order valence-corrected chi connectivity index (χ4v) is 8.19. The summed E-state index contributed by atoms with van der Waals surface area (Å²) in [5.41, 5.74) is 1.94. The molecule has 5 aliphatic rings. The zero-order valence-electron chi connectivity index (χ0n) is 19.9. The van der Waals surface area contributed by atoms with Gasteiger partial charge in [0.1, 0.15) is 0 Å². The normalized spacial score (nSPS) is 42.8. The summed E-state index contributed by atoms with van der Waals surface area (Å²) in [6, 6.07) is 0. The van der Waals surface area contributed by atoms with Crippen LogP contribution in [-0.4, -0.2) is 24.1 Å². The lowest BCUT2D eigenvalue weighted by atomic mass is 9.48. The zero-order valence-corrected chi connectivity index (χ0v) is 19.9. The van der Waals surface area contributed by atoms with E-state index >= 15 is 0 Å². The smallest absolute Gasteiger partial charge is 0.303 e. The molecule has 0 aromatic heterocycles. The van der Waals surface area contributed by atoms with Gasteiger partial charge >= 0.3 is 5.97 Å². The first kappa shape index (κ1) is 21.9. The van der Waals surface area contributed by atoms with Crippen molar-refractivity contribution in [2.24, 2.45) is 39.9 Å². The molecule has 0 amide bonds. The van der Waals surface area contributed by atoms with Crippen LogP contribution in [0.3, 0.4) is 0 Å². The summed E-state index contributed by atoms with van der Waals surface area (Å²) in [7, 11) is 0. The predicted molar refractivity (Wildman–Crippen MR) is 123 cm³/mol. The number of hydrogen-bond acceptors (Lipinski definition) is 4. The summed E-state index contributed by atoms with van der Waals surface area (Å²) in [5.74, 6) is 1.68. The lowest BCUT2D eigenvalue weighted by Crippen LogP contribution is -2.52. The third kappa shape index (κ3) is 2.83. The molecular weight excluding hydrogens is 400 g/mol. The van der Waals surface area contributed by atoms with Gasteiger partial charge < -0.3 is 4.74 Å². The van der Waals surface area contributed by atoms with Crippen LogP contribution in [0.2, 0.25) is 0 Å². The number of carbonyl (C=O) groups excluding carboxylic acids is 3. The van der Waals surface area contributed by atoms with Crippen molar-refractivity contribution < 1.29 is 19.1 Å². The standard InChI is InChI=1S/C28H36O4/c1-17(29)32-16-25(31)28(4)23(18-6-5-7-18)15-24-21-9-8-19-14-20(30)10-12-26(19,2)22(21)11-13-27(24,28)3/h10-12,14,18,21,23-24H,5-9,13,15-16H2,1-4H3/t21?,23-,24?,26-,27-,28+/m0/s1. The highest BCUT2D eigenvalue weighted by Crippen LogP contribution is 2.71. The van der Waals surface area contributed by atoms with Crippen LogP contribution in [0.4, 0.5) is 0 Å². The summed E-state index contributed by atoms with van der Waals surface area (Å²) in [6.07, 6.45) is 15.8. The van der Waals surface area contributed by atoms with Crippen LogP contribution < -0.4 is 0 Å². The Hall–Kier alpha value is -1.97. The Kier molecular flexibility index (Phi) is 4.96. The summed E-state index contributed by atoms with van der Waals surface area (Å²) in [5, 5.41) is 0. The third-order valence-corrected chi connectivity index (χ3v) is 10.5. The average Bonchev–Trinajstić information content (AvgIpc) is 2.94. The molecule has 3 saturated carbocycles. The van der Waals surface area contributed by atoms with Crippen molar-refractivity contribution in [3.63, 3.8) is 0 Å². The van der Waals surface area contributed by atoms with Crippen LogP contribution in [-0.2, 0) is 19.1 Å². The second kappa shape index (κ2) is 7.27. The molecular formula is C28H36O4. The minimum Gasteiger partial charge on any atom is -0.458 e. The largest absolute Gasteiger partial charge is 0.458 e. The number of ketones is 2. The molecule has 0 aromatic carbocycles. The SMILES string of the molecule is CC(=O)OCC(=O)[C@@]1(C)[C@H](C2CCC2)CC2C3CCC4=CC(=O)C=C[C@]4(C)C3=CC[C@@]21C. The maximum Gasteiger partial charge on any atom is 0.303 e. The first-order chi connectivity index (χ1) is 15.1. The van der Waals surface area contributed by atoms with Crippen LogP contribution in [0.1, 0.15) is 72.6 Å². The van der Waals surface area contributed by atoms with Crippen molar-refractivity contribution in [3.05, 3.63) is 35.5 Å². The maximum absolute atomic E-state index is 13.7. The Morgan fingerprint density at radius 2 is 1.88 bits per heavy atom. The van der Waals surface area contributed by atoms with Gasteiger partial charge in [-0.2, -0.15) is 0 Å². The van der Waals surface area contributed by atoms with E-state index in [4.69, 9.17) is 4.74 Å². The quantitative estimate of drug-likeness (QED) is 0.439. The number of ether oxygens (including phenoxy) is 1. The summed E-state index contributed by atoms with van der Waals surface area (Å²) < 4.78 is 5.24. The molecule has 0 heterocycles. The topological polar surface area (TPSA) is 60.4 Å². The molecule has 0 saturated heterocycles. The van der Waals surface area contributed by atoms with E-state index in [-0.39, 0.29) is 35.0 Å². The fourth-order valence-electron chi connectivity index (χ4n) is 8.19. The van der Waals surface area contributed by atoms with E-state index in [1.165, 1.54) is 37.3 Å². The molecule has 4 heteroatoms. The van der Waals surface area contributed by atoms with Gasteiger partial charge in [-0.15, -0.1) is 0 Å². The monoisotopic (exact) mass is 436 g/mol. The second-order valence-corrected chi connectivity index (χ2v) is 11.6. The number of carbonyl (C=O) groups is 3. The molecule has 0 bridgehead atoms. The highest BCUT2D eigenvalue weighted by molar-refractivity contribution is 6.01. The van der Waals surface area contributed by atoms with Gasteiger partial charge in [-0.1, -0.05) is 56.4 Å². The van der Waals surface area contributed by atoms with E-state index in [0.29, 0.717) is 23.7 Å². The number of hydrogen-bond donors (Lipinski definition) is 0. The lowest BCUT2D eigenvalue weighted by molar-refractivity contribution is -0.155. The minimum atomic E-state index is -0.477. The van der Waals surface area contributed by atoms with Gasteiger partial charge in [-0.25, -0.2) is 0 Å². The Labute approximate surface area is 191 Å². The number of fused-ring (bicyclic) bond motifs is 5. The molecule has 0 aromatic rings. The molecule has 0 spiro atoms. The highest BCUT2D eigenvalue weighted by Gasteiger charge is 2.67. The predicted octanol–water partition coefficient (Wildman–Crippen LogP) is 5.38. The first-order valence-corrected chi connectivity index (χ1v) is 12.4. The van der Waals surface area contributed by atoms with E-state index in [0.717, 1.165) is 25.7 Å². The molecule has 4 nitrogen and oxygen atoms in total. The van der Waals surface area contributed by atoms with Gasteiger partial charge in [0, 0.05) is 17.8 Å². The molecule has 5 aliphatic carbocycles. The fraction of sp³-hybridized carbons (Fsp3) is 0.679. The molecule has 3 fully saturated rings. The van der Waals surface area contributed by atoms with Crippen LogP contribution in [0.25, 0.3) is 0 Å². The van der Waals surface area contributed by atoms with Gasteiger partial charge in [-0.3, -0.25) is 14.4 Å². The number of Topliss-reactive ketones (excluding diaryl/α,β-unsaturated/α-hetero) is 1. The van der Waals surface area contributed by atoms with Crippen molar-refractivity contribution >= 4 is 17.5 Å². The van der Waals surface area contributed by atoms with E-state index < -0.39 is 5.41 Å². The Bertz CT molecular complexity index is 966. The summed E-state index contributed by atoms with van der Waals surface area (Å²) in [6.45, 7) is 8.07. The van der Waals surface area contributed by atoms with E-state index in [2.05, 4.69) is 32.9 Å². The van der Waals surface area contributed by atoms with Gasteiger partial charge in [0.25, 0.3) is 0 Å². The van der Waals surface area contributed by atoms with Crippen LogP contribution in [0.15, 0.2) is 35.5 Å². The molecule has 2 unspecified atom stereocenters. The molecule has 0 aliphatic heterocycles. The van der Waals surface area contributed by atoms with Crippen molar-refractivity contribution in [1.29, 1.82) is 0 Å². The molecule has 32 heavy (non-hydrogen) atoms. The molecule has 172 valence electrons. The van der Waals surface area contributed by atoms with E-state index in [1.807, 2.05) is 6.08 Å². The van der Waals surface area contributed by atoms with Gasteiger partial charge in [0.2, 0.25) is 0 Å². The second-order valence-electron chi connectivity index (χ2n) is 11.6. The molecule has 5 rings (SSSR count). The molecule has 0 radical (unpaired) electrons. The number of allylic oxidation sites excluding steroid dienone is 6. The Morgan fingerprint density at radius 3 is 2.53 bits per heavy atom. The zero-order chi connectivity index (χ0) is 22.9. The van der Waals surface area contributed by atoms with E-state index in [1.54, 1.807) is 6.08 Å². The molecule has 6 atom stereocenters. The summed E-state index contributed by atoms with van der Waals surface area (Å²) >= 11 is 0. The first-order valence-electron chi connectivity index (χ1n) is 12.4. The number of esters is 1.